The third-order valence-corrected chi connectivity index (χ3v) is 3.38. The van der Waals surface area contributed by atoms with Crippen molar-refractivity contribution in [1.82, 2.24) is 10.2 Å². The van der Waals surface area contributed by atoms with E-state index in [0.29, 0.717) is 5.92 Å². The van der Waals surface area contributed by atoms with E-state index in [1.165, 1.54) is 0 Å². The summed E-state index contributed by atoms with van der Waals surface area (Å²) in [6.07, 6.45) is 0. The number of nitrogens with one attached hydrogen (secondary N) is 1. The summed E-state index contributed by atoms with van der Waals surface area (Å²) in [7, 11) is 0. The number of hydrogen-bond donors (Lipinski definition) is 1. The second-order valence-electron chi connectivity index (χ2n) is 7.95. The van der Waals surface area contributed by atoms with Crippen molar-refractivity contribution in [2.24, 2.45) is 11.8 Å². The maximum atomic E-state index is 6.13. The highest BCUT2D eigenvalue weighted by Gasteiger charge is 2.38. The fourth-order valence-corrected chi connectivity index (χ4v) is 3.20. The van der Waals surface area contributed by atoms with E-state index in [0.717, 1.165) is 38.6 Å². The Bertz CT molecular complexity index is 258. The van der Waals surface area contributed by atoms with E-state index >= 15 is 0 Å². The van der Waals surface area contributed by atoms with Crippen LogP contribution in [0.4, 0.5) is 0 Å². The Morgan fingerprint density at radius 1 is 1.00 bits per heavy atom. The first kappa shape index (κ1) is 16.9. The summed E-state index contributed by atoms with van der Waals surface area (Å²) in [6.45, 7) is 21.1. The van der Waals surface area contributed by atoms with Gasteiger partial charge in [-0.1, -0.05) is 20.8 Å². The highest BCUT2D eigenvalue weighted by atomic mass is 16.5. The fraction of sp³-hybridized carbons (Fsp3) is 1.00. The topological polar surface area (TPSA) is 24.5 Å². The summed E-state index contributed by atoms with van der Waals surface area (Å²) in [5, 5.41) is 3.56. The fourth-order valence-electron chi connectivity index (χ4n) is 3.20. The molecule has 0 saturated carbocycles. The van der Waals surface area contributed by atoms with Gasteiger partial charge in [0.15, 0.2) is 0 Å². The minimum atomic E-state index is -0.0349. The van der Waals surface area contributed by atoms with Gasteiger partial charge in [0, 0.05) is 19.6 Å². The molecule has 1 heterocycles. The maximum absolute atomic E-state index is 6.13. The first-order valence-corrected chi connectivity index (χ1v) is 7.73. The van der Waals surface area contributed by atoms with Gasteiger partial charge in [-0.2, -0.15) is 0 Å². The van der Waals surface area contributed by atoms with Gasteiger partial charge in [-0.05, 0) is 52.6 Å². The molecule has 0 aromatic rings. The van der Waals surface area contributed by atoms with Crippen LogP contribution in [0.5, 0.6) is 0 Å². The summed E-state index contributed by atoms with van der Waals surface area (Å²) in [6, 6.07) is 0. The van der Waals surface area contributed by atoms with Crippen LogP contribution in [0, 0.1) is 11.8 Å². The molecule has 1 aliphatic rings. The SMILES string of the molecule is CC(C)CNCC(C)CN1CC(C)(C)OC(C)(C)C1. The maximum Gasteiger partial charge on any atom is 0.0760 e. The molecule has 0 bridgehead atoms. The molecule has 1 saturated heterocycles. The van der Waals surface area contributed by atoms with Crippen LogP contribution in [0.15, 0.2) is 0 Å². The van der Waals surface area contributed by atoms with Gasteiger partial charge in [0.25, 0.3) is 0 Å². The number of ether oxygens (including phenoxy) is 1. The third kappa shape index (κ3) is 6.73. The predicted molar refractivity (Wildman–Crippen MR) is 82.6 cm³/mol. The summed E-state index contributed by atoms with van der Waals surface area (Å²) < 4.78 is 6.13. The highest BCUT2D eigenvalue weighted by Crippen LogP contribution is 2.28. The Labute approximate surface area is 120 Å². The molecule has 0 aliphatic carbocycles. The quantitative estimate of drug-likeness (QED) is 0.803. The van der Waals surface area contributed by atoms with Crippen molar-refractivity contribution in [2.45, 2.75) is 59.7 Å². The average Bonchev–Trinajstić information content (AvgIpc) is 2.10. The van der Waals surface area contributed by atoms with Crippen molar-refractivity contribution < 1.29 is 4.74 Å². The van der Waals surface area contributed by atoms with E-state index in [4.69, 9.17) is 4.74 Å². The third-order valence-electron chi connectivity index (χ3n) is 3.38. The zero-order valence-corrected chi connectivity index (χ0v) is 14.0. The highest BCUT2D eigenvalue weighted by molar-refractivity contribution is 4.89. The van der Waals surface area contributed by atoms with E-state index in [1.54, 1.807) is 0 Å². The van der Waals surface area contributed by atoms with Crippen molar-refractivity contribution in [1.29, 1.82) is 0 Å². The smallest absolute Gasteiger partial charge is 0.0760 e. The molecule has 0 radical (unpaired) electrons. The Morgan fingerprint density at radius 2 is 1.53 bits per heavy atom. The first-order chi connectivity index (χ1) is 8.60. The molecule has 1 atom stereocenters. The summed E-state index contributed by atoms with van der Waals surface area (Å²) in [4.78, 5) is 2.56. The summed E-state index contributed by atoms with van der Waals surface area (Å²) >= 11 is 0. The van der Waals surface area contributed by atoms with Crippen LogP contribution in [-0.2, 0) is 4.74 Å². The van der Waals surface area contributed by atoms with Gasteiger partial charge >= 0.3 is 0 Å². The molecule has 0 amide bonds. The van der Waals surface area contributed by atoms with Crippen molar-refractivity contribution >= 4 is 0 Å². The summed E-state index contributed by atoms with van der Waals surface area (Å²) in [5.74, 6) is 1.41. The standard InChI is InChI=1S/C16H34N2O/c1-13(2)8-17-9-14(3)10-18-11-15(4,5)19-16(6,7)12-18/h13-14,17H,8-12H2,1-7H3. The van der Waals surface area contributed by atoms with Crippen LogP contribution in [0.2, 0.25) is 0 Å². The van der Waals surface area contributed by atoms with Crippen LogP contribution in [0.3, 0.4) is 0 Å². The second kappa shape index (κ2) is 6.55. The molecule has 114 valence electrons. The molecule has 0 aromatic carbocycles. The molecule has 1 aliphatic heterocycles. The zero-order valence-electron chi connectivity index (χ0n) is 14.0. The van der Waals surface area contributed by atoms with E-state index in [-0.39, 0.29) is 11.2 Å². The van der Waals surface area contributed by atoms with E-state index in [9.17, 15) is 0 Å². The van der Waals surface area contributed by atoms with E-state index < -0.39 is 0 Å². The lowest BCUT2D eigenvalue weighted by Crippen LogP contribution is -2.58. The van der Waals surface area contributed by atoms with E-state index in [1.807, 2.05) is 0 Å². The lowest BCUT2D eigenvalue weighted by atomic mass is 9.97. The van der Waals surface area contributed by atoms with Gasteiger partial charge in [-0.3, -0.25) is 4.90 Å². The normalized spacial score (nSPS) is 24.6. The molecule has 1 rings (SSSR count). The molecular formula is C16H34N2O. The minimum Gasteiger partial charge on any atom is -0.367 e. The van der Waals surface area contributed by atoms with Crippen LogP contribution in [-0.4, -0.2) is 48.8 Å². The van der Waals surface area contributed by atoms with Crippen LogP contribution in [0.25, 0.3) is 0 Å². The van der Waals surface area contributed by atoms with Crippen LogP contribution in [0.1, 0.15) is 48.5 Å². The van der Waals surface area contributed by atoms with Crippen molar-refractivity contribution in [3.05, 3.63) is 0 Å². The number of morpholine rings is 1. The lowest BCUT2D eigenvalue weighted by Gasteiger charge is -2.47. The van der Waals surface area contributed by atoms with Crippen molar-refractivity contribution in [2.75, 3.05) is 32.7 Å². The lowest BCUT2D eigenvalue weighted by molar-refractivity contribution is -0.181. The number of rotatable bonds is 6. The molecule has 3 nitrogen and oxygen atoms in total. The largest absolute Gasteiger partial charge is 0.367 e. The Morgan fingerprint density at radius 3 is 2.00 bits per heavy atom. The van der Waals surface area contributed by atoms with Crippen molar-refractivity contribution in [3.63, 3.8) is 0 Å². The Kier molecular flexibility index (Phi) is 5.84. The predicted octanol–water partition coefficient (Wildman–Crippen LogP) is 2.76. The van der Waals surface area contributed by atoms with Gasteiger partial charge in [-0.25, -0.2) is 0 Å². The van der Waals surface area contributed by atoms with Crippen molar-refractivity contribution in [3.8, 4) is 0 Å². The Balaban J connectivity index is 2.39. The van der Waals surface area contributed by atoms with E-state index in [2.05, 4.69) is 58.7 Å². The molecule has 1 N–H and O–H groups in total. The van der Waals surface area contributed by atoms with Crippen LogP contribution < -0.4 is 5.32 Å². The second-order valence-corrected chi connectivity index (χ2v) is 7.95. The van der Waals surface area contributed by atoms with Gasteiger partial charge < -0.3 is 10.1 Å². The number of hydrogen-bond acceptors (Lipinski definition) is 3. The zero-order chi connectivity index (χ0) is 14.7. The van der Waals surface area contributed by atoms with Gasteiger partial charge in [0.1, 0.15) is 0 Å². The van der Waals surface area contributed by atoms with Gasteiger partial charge in [-0.15, -0.1) is 0 Å². The molecule has 0 spiro atoms. The molecule has 19 heavy (non-hydrogen) atoms. The van der Waals surface area contributed by atoms with Crippen LogP contribution >= 0.6 is 0 Å². The van der Waals surface area contributed by atoms with Gasteiger partial charge in [0.05, 0.1) is 11.2 Å². The summed E-state index contributed by atoms with van der Waals surface area (Å²) in [5.41, 5.74) is -0.0698. The molecule has 0 aromatic heterocycles. The first-order valence-electron chi connectivity index (χ1n) is 7.73. The molecule has 1 unspecified atom stereocenters. The average molecular weight is 270 g/mol. The van der Waals surface area contributed by atoms with Gasteiger partial charge in [0.2, 0.25) is 0 Å². The Hall–Kier alpha value is -0.120. The minimum absolute atomic E-state index is 0.0349. The molecule has 3 heteroatoms. The molecular weight excluding hydrogens is 236 g/mol. The molecule has 1 fully saturated rings. The number of nitrogens with zero attached hydrogens (tertiary/aromatic N) is 1. The monoisotopic (exact) mass is 270 g/mol.